The topological polar surface area (TPSA) is 66.9 Å². The van der Waals surface area contributed by atoms with E-state index < -0.39 is 0 Å². The van der Waals surface area contributed by atoms with E-state index in [1.807, 2.05) is 36.4 Å². The standard InChI is InChI=1S/C17H16N4O/c1-18-17-20-11-14-9-12(7-8-15(14)21-17)10-19-16(22)13-5-3-2-4-6-13/h2-9,11H,10H2,1H3,(H,19,22)(H,18,20,21). The zero-order chi connectivity index (χ0) is 15.4. The summed E-state index contributed by atoms with van der Waals surface area (Å²) in [5, 5.41) is 6.77. The number of nitrogens with one attached hydrogen (secondary N) is 2. The molecule has 0 atom stereocenters. The third-order valence-corrected chi connectivity index (χ3v) is 3.36. The van der Waals surface area contributed by atoms with Crippen molar-refractivity contribution in [2.75, 3.05) is 12.4 Å². The van der Waals surface area contributed by atoms with E-state index >= 15 is 0 Å². The summed E-state index contributed by atoms with van der Waals surface area (Å²) in [5.74, 6) is 0.514. The Morgan fingerprint density at radius 1 is 1.14 bits per heavy atom. The van der Waals surface area contributed by atoms with Crippen LogP contribution in [0.5, 0.6) is 0 Å². The van der Waals surface area contributed by atoms with Gasteiger partial charge in [0, 0.05) is 30.7 Å². The second-order valence-corrected chi connectivity index (χ2v) is 4.89. The van der Waals surface area contributed by atoms with E-state index in [0.717, 1.165) is 16.5 Å². The van der Waals surface area contributed by atoms with Crippen LogP contribution in [0, 0.1) is 0 Å². The minimum Gasteiger partial charge on any atom is -0.357 e. The number of hydrogen-bond acceptors (Lipinski definition) is 4. The van der Waals surface area contributed by atoms with Crippen molar-refractivity contribution in [2.24, 2.45) is 0 Å². The molecule has 2 N–H and O–H groups in total. The third-order valence-electron chi connectivity index (χ3n) is 3.36. The van der Waals surface area contributed by atoms with Crippen molar-refractivity contribution < 1.29 is 4.79 Å². The Morgan fingerprint density at radius 2 is 1.95 bits per heavy atom. The minimum absolute atomic E-state index is 0.0810. The van der Waals surface area contributed by atoms with Crippen LogP contribution in [0.25, 0.3) is 10.9 Å². The smallest absolute Gasteiger partial charge is 0.251 e. The number of rotatable bonds is 4. The summed E-state index contributed by atoms with van der Waals surface area (Å²) < 4.78 is 0. The summed E-state index contributed by atoms with van der Waals surface area (Å²) in [6.07, 6.45) is 1.77. The van der Waals surface area contributed by atoms with Crippen LogP contribution in [-0.4, -0.2) is 22.9 Å². The van der Waals surface area contributed by atoms with Gasteiger partial charge in [-0.2, -0.15) is 0 Å². The number of aromatic nitrogens is 2. The first-order valence-corrected chi connectivity index (χ1v) is 7.03. The van der Waals surface area contributed by atoms with Gasteiger partial charge >= 0.3 is 0 Å². The van der Waals surface area contributed by atoms with Crippen molar-refractivity contribution >= 4 is 22.8 Å². The number of fused-ring (bicyclic) bond motifs is 1. The molecule has 0 radical (unpaired) electrons. The van der Waals surface area contributed by atoms with E-state index in [2.05, 4.69) is 20.6 Å². The van der Waals surface area contributed by atoms with Crippen LogP contribution in [0.4, 0.5) is 5.95 Å². The first kappa shape index (κ1) is 14.0. The van der Waals surface area contributed by atoms with Crippen LogP contribution in [-0.2, 0) is 6.54 Å². The van der Waals surface area contributed by atoms with Crippen molar-refractivity contribution in [1.82, 2.24) is 15.3 Å². The Labute approximate surface area is 128 Å². The Hall–Kier alpha value is -2.95. The predicted molar refractivity (Wildman–Crippen MR) is 86.7 cm³/mol. The van der Waals surface area contributed by atoms with Crippen molar-refractivity contribution in [3.05, 3.63) is 65.9 Å². The fraction of sp³-hybridized carbons (Fsp3) is 0.118. The summed E-state index contributed by atoms with van der Waals surface area (Å²) >= 11 is 0. The molecule has 0 saturated carbocycles. The van der Waals surface area contributed by atoms with Gasteiger partial charge in [0.25, 0.3) is 5.91 Å². The summed E-state index contributed by atoms with van der Waals surface area (Å²) in [7, 11) is 1.79. The molecule has 0 aliphatic rings. The highest BCUT2D eigenvalue weighted by atomic mass is 16.1. The minimum atomic E-state index is -0.0810. The molecule has 0 aliphatic carbocycles. The molecule has 1 amide bonds. The van der Waals surface area contributed by atoms with E-state index in [9.17, 15) is 4.79 Å². The largest absolute Gasteiger partial charge is 0.357 e. The molecule has 110 valence electrons. The first-order valence-electron chi connectivity index (χ1n) is 7.03. The molecule has 0 spiro atoms. The zero-order valence-electron chi connectivity index (χ0n) is 12.2. The van der Waals surface area contributed by atoms with E-state index in [1.165, 1.54) is 0 Å². The summed E-state index contributed by atoms with van der Waals surface area (Å²) in [6.45, 7) is 0.470. The number of anilines is 1. The normalized spacial score (nSPS) is 10.4. The lowest BCUT2D eigenvalue weighted by Gasteiger charge is -2.07. The maximum atomic E-state index is 12.0. The highest BCUT2D eigenvalue weighted by Crippen LogP contribution is 2.15. The average Bonchev–Trinajstić information content (AvgIpc) is 2.59. The van der Waals surface area contributed by atoms with Crippen LogP contribution in [0.2, 0.25) is 0 Å². The van der Waals surface area contributed by atoms with Gasteiger partial charge in [0.05, 0.1) is 5.52 Å². The van der Waals surface area contributed by atoms with Crippen molar-refractivity contribution in [2.45, 2.75) is 6.54 Å². The van der Waals surface area contributed by atoms with E-state index in [1.54, 1.807) is 25.4 Å². The fourth-order valence-corrected chi connectivity index (χ4v) is 2.19. The maximum Gasteiger partial charge on any atom is 0.251 e. The lowest BCUT2D eigenvalue weighted by atomic mass is 10.1. The van der Waals surface area contributed by atoms with E-state index in [0.29, 0.717) is 18.1 Å². The van der Waals surface area contributed by atoms with Gasteiger partial charge in [-0.3, -0.25) is 4.79 Å². The third kappa shape index (κ3) is 3.03. The maximum absolute atomic E-state index is 12.0. The highest BCUT2D eigenvalue weighted by molar-refractivity contribution is 5.94. The molecule has 0 unspecified atom stereocenters. The van der Waals surface area contributed by atoms with Crippen molar-refractivity contribution in [3.63, 3.8) is 0 Å². The molecule has 2 aromatic carbocycles. The van der Waals surface area contributed by atoms with Crippen LogP contribution in [0.3, 0.4) is 0 Å². The molecule has 0 saturated heterocycles. The second kappa shape index (κ2) is 6.22. The number of carbonyl (C=O) groups excluding carboxylic acids is 1. The molecule has 0 fully saturated rings. The lowest BCUT2D eigenvalue weighted by Crippen LogP contribution is -2.22. The zero-order valence-corrected chi connectivity index (χ0v) is 12.2. The number of hydrogen-bond donors (Lipinski definition) is 2. The second-order valence-electron chi connectivity index (χ2n) is 4.89. The summed E-state index contributed by atoms with van der Waals surface area (Å²) in [4.78, 5) is 20.6. The SMILES string of the molecule is CNc1ncc2cc(CNC(=O)c3ccccc3)ccc2n1. The monoisotopic (exact) mass is 292 g/mol. The molecule has 1 heterocycles. The van der Waals surface area contributed by atoms with Gasteiger partial charge in [0.15, 0.2) is 0 Å². The van der Waals surface area contributed by atoms with Crippen LogP contribution < -0.4 is 10.6 Å². The number of benzene rings is 2. The molecular weight excluding hydrogens is 276 g/mol. The van der Waals surface area contributed by atoms with Gasteiger partial charge in [-0.15, -0.1) is 0 Å². The molecular formula is C17H16N4O. The molecule has 0 aliphatic heterocycles. The number of amides is 1. The van der Waals surface area contributed by atoms with Crippen LogP contribution in [0.15, 0.2) is 54.7 Å². The van der Waals surface area contributed by atoms with Gasteiger partial charge < -0.3 is 10.6 Å². The number of carbonyl (C=O) groups is 1. The van der Waals surface area contributed by atoms with E-state index in [-0.39, 0.29) is 5.91 Å². The number of nitrogens with zero attached hydrogens (tertiary/aromatic N) is 2. The van der Waals surface area contributed by atoms with Gasteiger partial charge in [-0.25, -0.2) is 9.97 Å². The molecule has 3 rings (SSSR count). The first-order chi connectivity index (χ1) is 10.8. The fourth-order valence-electron chi connectivity index (χ4n) is 2.19. The molecule has 5 heteroatoms. The molecule has 3 aromatic rings. The average molecular weight is 292 g/mol. The molecule has 22 heavy (non-hydrogen) atoms. The molecule has 5 nitrogen and oxygen atoms in total. The van der Waals surface area contributed by atoms with Gasteiger partial charge in [-0.1, -0.05) is 24.3 Å². The van der Waals surface area contributed by atoms with E-state index in [4.69, 9.17) is 0 Å². The Morgan fingerprint density at radius 3 is 2.73 bits per heavy atom. The van der Waals surface area contributed by atoms with Crippen LogP contribution in [0.1, 0.15) is 15.9 Å². The lowest BCUT2D eigenvalue weighted by molar-refractivity contribution is 0.0951. The molecule has 1 aromatic heterocycles. The Balaban J connectivity index is 1.73. The summed E-state index contributed by atoms with van der Waals surface area (Å²) in [5.41, 5.74) is 2.54. The quantitative estimate of drug-likeness (QED) is 0.775. The summed E-state index contributed by atoms with van der Waals surface area (Å²) in [6, 6.07) is 15.1. The molecule has 0 bridgehead atoms. The Kier molecular flexibility index (Phi) is 3.96. The van der Waals surface area contributed by atoms with Crippen molar-refractivity contribution in [3.8, 4) is 0 Å². The van der Waals surface area contributed by atoms with Crippen molar-refractivity contribution in [1.29, 1.82) is 0 Å². The van der Waals surface area contributed by atoms with Gasteiger partial charge in [0.1, 0.15) is 0 Å². The predicted octanol–water partition coefficient (Wildman–Crippen LogP) is 2.60. The highest BCUT2D eigenvalue weighted by Gasteiger charge is 2.05. The van der Waals surface area contributed by atoms with Gasteiger partial charge in [0.2, 0.25) is 5.95 Å². The Bertz CT molecular complexity index is 802. The van der Waals surface area contributed by atoms with Gasteiger partial charge in [-0.05, 0) is 29.8 Å². The van der Waals surface area contributed by atoms with Crippen LogP contribution >= 0.6 is 0 Å².